The fourth-order valence-electron chi connectivity index (χ4n) is 3.14. The smallest absolute Gasteiger partial charge is 0.329 e. The number of carbonyl (C=O) groups excluding carboxylic acids is 2. The molecule has 1 aliphatic heterocycles. The second kappa shape index (κ2) is 6.97. The van der Waals surface area contributed by atoms with Crippen LogP contribution in [0.25, 0.3) is 6.08 Å². The molecule has 0 aliphatic carbocycles. The molecule has 3 amide bonds. The molecular formula is C20H23N3O2. The third-order valence-corrected chi connectivity index (χ3v) is 4.51. The van der Waals surface area contributed by atoms with Crippen molar-refractivity contribution in [2.45, 2.75) is 33.7 Å². The normalized spacial score (nSPS) is 16.0. The first-order valence-electron chi connectivity index (χ1n) is 8.56. The van der Waals surface area contributed by atoms with Crippen LogP contribution in [-0.2, 0) is 11.3 Å². The Hall–Kier alpha value is -2.82. The minimum atomic E-state index is -0.337. The van der Waals surface area contributed by atoms with Crippen LogP contribution < -0.4 is 5.32 Å². The molecule has 1 saturated heterocycles. The minimum absolute atomic E-state index is 0.250. The van der Waals surface area contributed by atoms with E-state index in [4.69, 9.17) is 0 Å². The van der Waals surface area contributed by atoms with Gasteiger partial charge in [0.15, 0.2) is 0 Å². The number of hydrogen-bond acceptors (Lipinski definition) is 2. The Labute approximate surface area is 147 Å². The maximum atomic E-state index is 12.4. The summed E-state index contributed by atoms with van der Waals surface area (Å²) in [7, 11) is 0. The van der Waals surface area contributed by atoms with Gasteiger partial charge in [0.25, 0.3) is 5.91 Å². The summed E-state index contributed by atoms with van der Waals surface area (Å²) >= 11 is 0. The van der Waals surface area contributed by atoms with Gasteiger partial charge in [0, 0.05) is 24.5 Å². The number of aryl methyl sites for hydroxylation is 1. The van der Waals surface area contributed by atoms with Crippen LogP contribution in [0.4, 0.5) is 4.79 Å². The van der Waals surface area contributed by atoms with Gasteiger partial charge < -0.3 is 9.88 Å². The zero-order valence-corrected chi connectivity index (χ0v) is 14.9. The lowest BCUT2D eigenvalue weighted by Crippen LogP contribution is -2.31. The van der Waals surface area contributed by atoms with Gasteiger partial charge in [0.05, 0.1) is 0 Å². The van der Waals surface area contributed by atoms with Crippen molar-refractivity contribution in [3.05, 3.63) is 64.6 Å². The monoisotopic (exact) mass is 337 g/mol. The molecule has 0 bridgehead atoms. The summed E-state index contributed by atoms with van der Waals surface area (Å²) in [6.45, 7) is 7.25. The molecular weight excluding hydrogens is 314 g/mol. The lowest BCUT2D eigenvalue weighted by molar-refractivity contribution is -0.122. The summed E-state index contributed by atoms with van der Waals surface area (Å²) in [5.74, 6) is -0.250. The van der Waals surface area contributed by atoms with Crippen molar-refractivity contribution in [3.63, 3.8) is 0 Å². The average molecular weight is 337 g/mol. The molecule has 0 radical (unpaired) electrons. The van der Waals surface area contributed by atoms with Crippen molar-refractivity contribution < 1.29 is 9.59 Å². The molecule has 0 unspecified atom stereocenters. The van der Waals surface area contributed by atoms with E-state index in [1.165, 1.54) is 10.5 Å². The van der Waals surface area contributed by atoms with Crippen molar-refractivity contribution >= 4 is 18.0 Å². The summed E-state index contributed by atoms with van der Waals surface area (Å²) in [4.78, 5) is 25.6. The second-order valence-electron chi connectivity index (χ2n) is 6.34. The predicted molar refractivity (Wildman–Crippen MR) is 98.0 cm³/mol. The first-order valence-corrected chi connectivity index (χ1v) is 8.56. The number of rotatable bonds is 5. The van der Waals surface area contributed by atoms with Gasteiger partial charge in [-0.05, 0) is 43.5 Å². The van der Waals surface area contributed by atoms with Crippen LogP contribution in [0.3, 0.4) is 0 Å². The lowest BCUT2D eigenvalue weighted by Gasteiger charge is -2.10. The van der Waals surface area contributed by atoms with Gasteiger partial charge in [-0.3, -0.25) is 9.69 Å². The second-order valence-corrected chi connectivity index (χ2v) is 6.34. The maximum Gasteiger partial charge on any atom is 0.329 e. The van der Waals surface area contributed by atoms with Crippen LogP contribution in [0.5, 0.6) is 0 Å². The van der Waals surface area contributed by atoms with Crippen LogP contribution in [0.15, 0.2) is 42.1 Å². The number of hydrogen-bond donors (Lipinski definition) is 1. The fraction of sp³-hybridized carbons (Fsp3) is 0.300. The Morgan fingerprint density at radius 2 is 1.84 bits per heavy atom. The van der Waals surface area contributed by atoms with E-state index in [1.807, 2.05) is 38.1 Å². The minimum Gasteiger partial charge on any atom is -0.344 e. The fourth-order valence-corrected chi connectivity index (χ4v) is 3.14. The Bertz CT molecular complexity index is 834. The highest BCUT2D eigenvalue weighted by Crippen LogP contribution is 2.21. The highest BCUT2D eigenvalue weighted by Gasteiger charge is 2.32. The van der Waals surface area contributed by atoms with Gasteiger partial charge in [-0.25, -0.2) is 4.79 Å². The van der Waals surface area contributed by atoms with Crippen LogP contribution >= 0.6 is 0 Å². The Morgan fingerprint density at radius 3 is 2.52 bits per heavy atom. The third kappa shape index (κ3) is 3.36. The Morgan fingerprint density at radius 1 is 1.12 bits per heavy atom. The van der Waals surface area contributed by atoms with Crippen molar-refractivity contribution in [2.24, 2.45) is 0 Å². The standard InChI is InChI=1S/C20H23N3O2/c1-4-10-22-19(24)18(21-20(22)25)12-17-11-14(2)23(15(17)3)13-16-8-6-5-7-9-16/h5-9,11-12H,4,10,13H2,1-3H3,(H,21,25)/b18-12+. The van der Waals surface area contributed by atoms with E-state index in [0.29, 0.717) is 12.2 Å². The quantitative estimate of drug-likeness (QED) is 0.671. The summed E-state index contributed by atoms with van der Waals surface area (Å²) in [5.41, 5.74) is 4.72. The maximum absolute atomic E-state index is 12.4. The molecule has 1 aromatic carbocycles. The van der Waals surface area contributed by atoms with Gasteiger partial charge in [-0.2, -0.15) is 0 Å². The number of amides is 3. The lowest BCUT2D eigenvalue weighted by atomic mass is 10.2. The molecule has 130 valence electrons. The van der Waals surface area contributed by atoms with Crippen LogP contribution in [0.2, 0.25) is 0 Å². The summed E-state index contributed by atoms with van der Waals surface area (Å²) in [5, 5.41) is 2.68. The largest absolute Gasteiger partial charge is 0.344 e. The topological polar surface area (TPSA) is 54.3 Å². The van der Waals surface area contributed by atoms with E-state index in [-0.39, 0.29) is 11.9 Å². The number of benzene rings is 1. The van der Waals surface area contributed by atoms with E-state index in [9.17, 15) is 9.59 Å². The van der Waals surface area contributed by atoms with Crippen LogP contribution in [-0.4, -0.2) is 28.0 Å². The summed E-state index contributed by atoms with van der Waals surface area (Å²) in [6, 6.07) is 12.0. The number of carbonyl (C=O) groups is 2. The number of nitrogens with one attached hydrogen (secondary N) is 1. The van der Waals surface area contributed by atoms with E-state index in [2.05, 4.69) is 28.9 Å². The van der Waals surface area contributed by atoms with E-state index >= 15 is 0 Å². The SMILES string of the molecule is CCCN1C(=O)N/C(=C/c2cc(C)n(Cc3ccccc3)c2C)C1=O. The zero-order chi connectivity index (χ0) is 18.0. The predicted octanol–water partition coefficient (Wildman–Crippen LogP) is 3.46. The summed E-state index contributed by atoms with van der Waals surface area (Å²) in [6.07, 6.45) is 2.53. The van der Waals surface area contributed by atoms with Crippen LogP contribution in [0, 0.1) is 13.8 Å². The van der Waals surface area contributed by atoms with Gasteiger partial charge >= 0.3 is 6.03 Å². The molecule has 5 heteroatoms. The number of nitrogens with zero attached hydrogens (tertiary/aromatic N) is 2. The van der Waals surface area contributed by atoms with Crippen molar-refractivity contribution in [1.29, 1.82) is 0 Å². The first kappa shape index (κ1) is 17.0. The highest BCUT2D eigenvalue weighted by molar-refractivity contribution is 6.14. The van der Waals surface area contributed by atoms with Crippen molar-refractivity contribution in [2.75, 3.05) is 6.54 Å². The molecule has 2 aromatic rings. The van der Waals surface area contributed by atoms with E-state index in [1.54, 1.807) is 6.08 Å². The molecule has 1 N–H and O–H groups in total. The number of urea groups is 1. The first-order chi connectivity index (χ1) is 12.0. The van der Waals surface area contributed by atoms with Crippen LogP contribution in [0.1, 0.15) is 35.9 Å². The van der Waals surface area contributed by atoms with Gasteiger partial charge in [0.1, 0.15) is 5.70 Å². The Balaban J connectivity index is 1.88. The number of aromatic nitrogens is 1. The molecule has 5 nitrogen and oxygen atoms in total. The summed E-state index contributed by atoms with van der Waals surface area (Å²) < 4.78 is 2.22. The van der Waals surface area contributed by atoms with E-state index in [0.717, 1.165) is 29.9 Å². The highest BCUT2D eigenvalue weighted by atomic mass is 16.2. The van der Waals surface area contributed by atoms with Gasteiger partial charge in [0.2, 0.25) is 0 Å². The molecule has 2 heterocycles. The molecule has 3 rings (SSSR count). The average Bonchev–Trinajstić information content (AvgIpc) is 3.01. The van der Waals surface area contributed by atoms with Gasteiger partial charge in [-0.1, -0.05) is 37.3 Å². The third-order valence-electron chi connectivity index (χ3n) is 4.51. The molecule has 0 saturated carbocycles. The molecule has 1 aliphatic rings. The van der Waals surface area contributed by atoms with Crippen molar-refractivity contribution in [3.8, 4) is 0 Å². The zero-order valence-electron chi connectivity index (χ0n) is 14.9. The van der Waals surface area contributed by atoms with Crippen molar-refractivity contribution in [1.82, 2.24) is 14.8 Å². The molecule has 1 aromatic heterocycles. The Kier molecular flexibility index (Phi) is 4.74. The molecule has 0 atom stereocenters. The number of imide groups is 1. The van der Waals surface area contributed by atoms with E-state index < -0.39 is 0 Å². The molecule has 1 fully saturated rings. The van der Waals surface area contributed by atoms with Gasteiger partial charge in [-0.15, -0.1) is 0 Å². The molecule has 25 heavy (non-hydrogen) atoms. The molecule has 0 spiro atoms.